The van der Waals surface area contributed by atoms with Crippen molar-refractivity contribution in [1.82, 2.24) is 13.9 Å². The van der Waals surface area contributed by atoms with E-state index in [2.05, 4.69) is 12.2 Å². The minimum absolute atomic E-state index is 0.251. The number of hydrogen-bond donors (Lipinski definition) is 1. The first kappa shape index (κ1) is 13.3. The molecule has 0 bridgehead atoms. The maximum Gasteiger partial charge on any atom is 0.282 e. The molecule has 2 rings (SSSR count). The van der Waals surface area contributed by atoms with E-state index in [1.54, 1.807) is 8.61 Å². The Morgan fingerprint density at radius 1 is 1.12 bits per heavy atom. The summed E-state index contributed by atoms with van der Waals surface area (Å²) >= 11 is 0. The third-order valence-corrected chi connectivity index (χ3v) is 5.57. The Balaban J connectivity index is 2.06. The largest absolute Gasteiger partial charge is 0.312 e. The van der Waals surface area contributed by atoms with Crippen LogP contribution in [0.5, 0.6) is 0 Å². The highest BCUT2D eigenvalue weighted by molar-refractivity contribution is 7.86. The average molecular weight is 261 g/mol. The minimum atomic E-state index is -3.22. The number of hydrogen-bond acceptors (Lipinski definition) is 3. The van der Waals surface area contributed by atoms with Crippen LogP contribution in [-0.2, 0) is 10.2 Å². The molecule has 0 radical (unpaired) electrons. The molecule has 5 nitrogen and oxygen atoms in total. The van der Waals surface area contributed by atoms with Gasteiger partial charge >= 0.3 is 0 Å². The molecule has 0 aromatic rings. The van der Waals surface area contributed by atoms with Gasteiger partial charge in [0.2, 0.25) is 0 Å². The maximum atomic E-state index is 12.5. The van der Waals surface area contributed by atoms with Crippen LogP contribution < -0.4 is 5.32 Å². The van der Waals surface area contributed by atoms with Crippen LogP contribution >= 0.6 is 0 Å². The van der Waals surface area contributed by atoms with Crippen LogP contribution in [0.3, 0.4) is 0 Å². The topological polar surface area (TPSA) is 52.7 Å². The molecule has 2 atom stereocenters. The van der Waals surface area contributed by atoms with E-state index in [0.717, 1.165) is 19.4 Å². The Labute approximate surface area is 104 Å². The van der Waals surface area contributed by atoms with E-state index < -0.39 is 10.2 Å². The summed E-state index contributed by atoms with van der Waals surface area (Å²) in [6, 6.07) is 0.251. The second kappa shape index (κ2) is 5.22. The molecular formula is C11H23N3O2S. The molecular weight excluding hydrogens is 238 g/mol. The number of piperidine rings is 1. The van der Waals surface area contributed by atoms with Gasteiger partial charge < -0.3 is 5.32 Å². The predicted molar refractivity (Wildman–Crippen MR) is 67.9 cm³/mol. The second-order valence-corrected chi connectivity index (χ2v) is 7.25. The molecule has 100 valence electrons. The van der Waals surface area contributed by atoms with Gasteiger partial charge in [0.05, 0.1) is 0 Å². The van der Waals surface area contributed by atoms with Gasteiger partial charge in [-0.1, -0.05) is 6.92 Å². The normalized spacial score (nSPS) is 33.8. The van der Waals surface area contributed by atoms with E-state index in [-0.39, 0.29) is 6.04 Å². The SMILES string of the molecule is CC1CCCN(S(=O)(=O)N2CCN[C@@H](C)C2)C1. The molecule has 0 saturated carbocycles. The molecule has 2 aliphatic rings. The Kier molecular flexibility index (Phi) is 4.07. The number of nitrogens with one attached hydrogen (secondary N) is 1. The number of rotatable bonds is 2. The minimum Gasteiger partial charge on any atom is -0.312 e. The summed E-state index contributed by atoms with van der Waals surface area (Å²) < 4.78 is 28.2. The van der Waals surface area contributed by atoms with Crippen LogP contribution in [0.15, 0.2) is 0 Å². The molecule has 1 unspecified atom stereocenters. The lowest BCUT2D eigenvalue weighted by Crippen LogP contribution is -2.56. The van der Waals surface area contributed by atoms with Crippen molar-refractivity contribution in [2.24, 2.45) is 5.92 Å². The summed E-state index contributed by atoms with van der Waals surface area (Å²) in [4.78, 5) is 0. The third kappa shape index (κ3) is 2.99. The zero-order chi connectivity index (χ0) is 12.5. The Bertz CT molecular complexity index is 330. The van der Waals surface area contributed by atoms with Crippen LogP contribution in [0, 0.1) is 5.92 Å². The van der Waals surface area contributed by atoms with Gasteiger partial charge in [0, 0.05) is 38.8 Å². The third-order valence-electron chi connectivity index (χ3n) is 3.60. The first-order valence-corrected chi connectivity index (χ1v) is 7.88. The highest BCUT2D eigenvalue weighted by Gasteiger charge is 2.34. The van der Waals surface area contributed by atoms with Gasteiger partial charge in [-0.05, 0) is 25.7 Å². The number of piperazine rings is 1. The van der Waals surface area contributed by atoms with Gasteiger partial charge in [-0.15, -0.1) is 0 Å². The fraction of sp³-hybridized carbons (Fsp3) is 1.00. The summed E-state index contributed by atoms with van der Waals surface area (Å²) in [5, 5.41) is 3.27. The Morgan fingerprint density at radius 3 is 2.47 bits per heavy atom. The summed E-state index contributed by atoms with van der Waals surface area (Å²) in [6.07, 6.45) is 2.13. The summed E-state index contributed by atoms with van der Waals surface area (Å²) in [5.41, 5.74) is 0. The van der Waals surface area contributed by atoms with E-state index in [1.165, 1.54) is 0 Å². The fourth-order valence-electron chi connectivity index (χ4n) is 2.63. The monoisotopic (exact) mass is 261 g/mol. The van der Waals surface area contributed by atoms with Crippen molar-refractivity contribution in [3.63, 3.8) is 0 Å². The van der Waals surface area contributed by atoms with Crippen molar-refractivity contribution in [1.29, 1.82) is 0 Å². The molecule has 2 aliphatic heterocycles. The van der Waals surface area contributed by atoms with Crippen molar-refractivity contribution in [3.05, 3.63) is 0 Å². The van der Waals surface area contributed by atoms with Crippen molar-refractivity contribution in [2.45, 2.75) is 32.7 Å². The van der Waals surface area contributed by atoms with Gasteiger partial charge in [-0.2, -0.15) is 17.0 Å². The Hall–Kier alpha value is -0.170. The molecule has 0 aromatic heterocycles. The lowest BCUT2D eigenvalue weighted by molar-refractivity contribution is 0.240. The first-order valence-electron chi connectivity index (χ1n) is 6.49. The van der Waals surface area contributed by atoms with Crippen LogP contribution in [0.4, 0.5) is 0 Å². The van der Waals surface area contributed by atoms with Crippen LogP contribution in [0.25, 0.3) is 0 Å². The highest BCUT2D eigenvalue weighted by atomic mass is 32.2. The molecule has 2 heterocycles. The molecule has 2 saturated heterocycles. The quantitative estimate of drug-likeness (QED) is 0.775. The van der Waals surface area contributed by atoms with E-state index in [4.69, 9.17) is 0 Å². The van der Waals surface area contributed by atoms with Crippen LogP contribution in [0.1, 0.15) is 26.7 Å². The molecule has 0 aliphatic carbocycles. The van der Waals surface area contributed by atoms with Crippen molar-refractivity contribution >= 4 is 10.2 Å². The van der Waals surface area contributed by atoms with Crippen LogP contribution in [0.2, 0.25) is 0 Å². The molecule has 1 N–H and O–H groups in total. The van der Waals surface area contributed by atoms with Crippen molar-refractivity contribution in [3.8, 4) is 0 Å². The van der Waals surface area contributed by atoms with E-state index >= 15 is 0 Å². The van der Waals surface area contributed by atoms with E-state index in [0.29, 0.717) is 32.1 Å². The predicted octanol–water partition coefficient (Wildman–Crippen LogP) is 0.257. The molecule has 6 heteroatoms. The van der Waals surface area contributed by atoms with Crippen LogP contribution in [-0.4, -0.2) is 55.8 Å². The van der Waals surface area contributed by atoms with Gasteiger partial charge in [0.15, 0.2) is 0 Å². The standard InChI is InChI=1S/C11H23N3O2S/c1-10-4-3-6-13(8-10)17(15,16)14-7-5-12-11(2)9-14/h10-12H,3-9H2,1-2H3/t10?,11-/m0/s1. The van der Waals surface area contributed by atoms with Gasteiger partial charge in [0.1, 0.15) is 0 Å². The second-order valence-electron chi connectivity index (χ2n) is 5.33. The zero-order valence-electron chi connectivity index (χ0n) is 10.7. The summed E-state index contributed by atoms with van der Waals surface area (Å²) in [6.45, 7) is 7.46. The van der Waals surface area contributed by atoms with Crippen molar-refractivity contribution in [2.75, 3.05) is 32.7 Å². The lowest BCUT2D eigenvalue weighted by atomic mass is 10.0. The van der Waals surface area contributed by atoms with Gasteiger partial charge in [0.25, 0.3) is 10.2 Å². The summed E-state index contributed by atoms with van der Waals surface area (Å²) in [7, 11) is -3.22. The molecule has 0 spiro atoms. The molecule has 0 amide bonds. The van der Waals surface area contributed by atoms with E-state index in [1.807, 2.05) is 6.92 Å². The maximum absolute atomic E-state index is 12.5. The number of nitrogens with zero attached hydrogens (tertiary/aromatic N) is 2. The average Bonchev–Trinajstić information content (AvgIpc) is 2.29. The lowest BCUT2D eigenvalue weighted by Gasteiger charge is -2.37. The Morgan fingerprint density at radius 2 is 1.82 bits per heavy atom. The van der Waals surface area contributed by atoms with Crippen molar-refractivity contribution < 1.29 is 8.42 Å². The van der Waals surface area contributed by atoms with Gasteiger partial charge in [-0.25, -0.2) is 0 Å². The summed E-state index contributed by atoms with van der Waals surface area (Å²) in [5.74, 6) is 0.485. The molecule has 2 fully saturated rings. The zero-order valence-corrected chi connectivity index (χ0v) is 11.5. The molecule has 0 aromatic carbocycles. The first-order chi connectivity index (χ1) is 8.00. The van der Waals surface area contributed by atoms with Gasteiger partial charge in [-0.3, -0.25) is 0 Å². The fourth-order valence-corrected chi connectivity index (χ4v) is 4.49. The highest BCUT2D eigenvalue weighted by Crippen LogP contribution is 2.21. The molecule has 17 heavy (non-hydrogen) atoms. The smallest absolute Gasteiger partial charge is 0.282 e. The van der Waals surface area contributed by atoms with E-state index in [9.17, 15) is 8.42 Å².